The molecule has 3 N–H and O–H groups in total. The van der Waals surface area contributed by atoms with Crippen molar-refractivity contribution in [3.8, 4) is 0 Å². The van der Waals surface area contributed by atoms with Crippen molar-refractivity contribution < 1.29 is 28.7 Å². The number of imidazole rings is 1. The Balaban J connectivity index is 1.75. The maximum Gasteiger partial charge on any atom is 0.570 e. The first-order valence-corrected chi connectivity index (χ1v) is 9.94. The quantitative estimate of drug-likeness (QED) is 0.664. The van der Waals surface area contributed by atoms with Gasteiger partial charge in [0.1, 0.15) is 19.0 Å². The van der Waals surface area contributed by atoms with Crippen LogP contribution in [0.2, 0.25) is 0 Å². The lowest BCUT2D eigenvalue weighted by atomic mass is 10.2. The van der Waals surface area contributed by atoms with E-state index in [1.807, 2.05) is 34.7 Å². The molecule has 10 heteroatoms. The molecule has 1 aromatic carbocycles. The van der Waals surface area contributed by atoms with Gasteiger partial charge >= 0.3 is 14.1 Å². The lowest BCUT2D eigenvalue weighted by Crippen LogP contribution is -2.33. The van der Waals surface area contributed by atoms with E-state index in [2.05, 4.69) is 4.98 Å². The Morgan fingerprint density at radius 1 is 1.27 bits per heavy atom. The third-order valence-electron chi connectivity index (χ3n) is 4.35. The normalized spacial score (nSPS) is 17.9. The number of carboxylic acids is 1. The fraction of sp³-hybridized carbons (Fsp3) is 0.500. The standard InChI is InChI=1S/C16H22N3O6P/c1-18-14-6-5-12(19-7-9-24-26(22,23)25-10-8-19)11-13(14)17-15(18)3-2-4-16(20)21/h5-6,11,22-23H,2-4,7-10H2,1H3/p+1. The molecular formula is C16H23N3O6P+. The summed E-state index contributed by atoms with van der Waals surface area (Å²) in [5.41, 5.74) is 2.77. The van der Waals surface area contributed by atoms with E-state index in [9.17, 15) is 14.6 Å². The van der Waals surface area contributed by atoms with Crippen molar-refractivity contribution in [1.82, 2.24) is 9.55 Å². The van der Waals surface area contributed by atoms with Gasteiger partial charge in [-0.2, -0.15) is 18.8 Å². The lowest BCUT2D eigenvalue weighted by molar-refractivity contribution is -0.137. The number of anilines is 1. The molecule has 0 unspecified atom stereocenters. The number of aromatic nitrogens is 2. The molecular weight excluding hydrogens is 361 g/mol. The summed E-state index contributed by atoms with van der Waals surface area (Å²) in [6.45, 7) is 1.33. The summed E-state index contributed by atoms with van der Waals surface area (Å²) in [6.07, 6.45) is 1.28. The Hall–Kier alpha value is -1.77. The van der Waals surface area contributed by atoms with Crippen molar-refractivity contribution in [1.29, 1.82) is 0 Å². The van der Waals surface area contributed by atoms with Crippen LogP contribution in [0.15, 0.2) is 18.2 Å². The topological polar surface area (TPSA) is 117 Å². The fourth-order valence-electron chi connectivity index (χ4n) is 3.00. The first-order valence-electron chi connectivity index (χ1n) is 8.41. The zero-order chi connectivity index (χ0) is 18.7. The number of hydrogen-bond donors (Lipinski definition) is 3. The molecule has 1 fully saturated rings. The van der Waals surface area contributed by atoms with Gasteiger partial charge in [0.25, 0.3) is 0 Å². The molecule has 1 saturated heterocycles. The zero-order valence-electron chi connectivity index (χ0n) is 14.5. The van der Waals surface area contributed by atoms with Gasteiger partial charge in [-0.1, -0.05) is 0 Å². The molecule has 3 rings (SSSR count). The van der Waals surface area contributed by atoms with E-state index in [-0.39, 0.29) is 19.6 Å². The van der Waals surface area contributed by atoms with Crippen LogP contribution >= 0.6 is 8.17 Å². The van der Waals surface area contributed by atoms with E-state index in [4.69, 9.17) is 14.2 Å². The minimum Gasteiger partial charge on any atom is -0.481 e. The Bertz CT molecular complexity index is 782. The van der Waals surface area contributed by atoms with Gasteiger partial charge in [-0.05, 0) is 24.6 Å². The van der Waals surface area contributed by atoms with Crippen LogP contribution in [0.3, 0.4) is 0 Å². The SMILES string of the molecule is Cn1c(CCCC(=O)O)nc2cc(N3CCO[P+](O)(O)OCC3)ccc21. The average Bonchev–Trinajstić information content (AvgIpc) is 2.87. The minimum atomic E-state index is -3.67. The molecule has 0 radical (unpaired) electrons. The second-order valence-electron chi connectivity index (χ2n) is 6.15. The largest absolute Gasteiger partial charge is 0.570 e. The second kappa shape index (κ2) is 7.85. The first kappa shape index (κ1) is 19.0. The van der Waals surface area contributed by atoms with Gasteiger partial charge in [-0.3, -0.25) is 4.79 Å². The average molecular weight is 384 g/mol. The smallest absolute Gasteiger partial charge is 0.481 e. The lowest BCUT2D eigenvalue weighted by Gasteiger charge is -2.26. The van der Waals surface area contributed by atoms with Crippen LogP contribution < -0.4 is 4.90 Å². The van der Waals surface area contributed by atoms with E-state index in [0.717, 1.165) is 22.5 Å². The number of fused-ring (bicyclic) bond motifs is 1. The second-order valence-corrected chi connectivity index (χ2v) is 7.65. The van der Waals surface area contributed by atoms with Gasteiger partial charge in [-0.25, -0.2) is 4.98 Å². The predicted octanol–water partition coefficient (Wildman–Crippen LogP) is 1.50. The minimum absolute atomic E-state index is 0.127. The molecule has 0 spiro atoms. The molecule has 0 atom stereocenters. The van der Waals surface area contributed by atoms with Gasteiger partial charge in [0.05, 0.1) is 11.0 Å². The van der Waals surface area contributed by atoms with Crippen LogP contribution in [0.25, 0.3) is 11.0 Å². The molecule has 1 aromatic heterocycles. The van der Waals surface area contributed by atoms with E-state index in [1.54, 1.807) is 0 Å². The number of benzene rings is 1. The monoisotopic (exact) mass is 384 g/mol. The van der Waals surface area contributed by atoms with Crippen LogP contribution in [-0.2, 0) is 27.3 Å². The summed E-state index contributed by atoms with van der Waals surface area (Å²) in [4.78, 5) is 36.3. The Morgan fingerprint density at radius 2 is 1.96 bits per heavy atom. The van der Waals surface area contributed by atoms with Crippen molar-refractivity contribution in [2.45, 2.75) is 19.3 Å². The summed E-state index contributed by atoms with van der Waals surface area (Å²) >= 11 is 0. The maximum absolute atomic E-state index is 10.7. The van der Waals surface area contributed by atoms with Crippen molar-refractivity contribution in [3.05, 3.63) is 24.0 Å². The van der Waals surface area contributed by atoms with Crippen LogP contribution in [0.4, 0.5) is 5.69 Å². The molecule has 1 aliphatic rings. The Labute approximate surface area is 151 Å². The molecule has 142 valence electrons. The fourth-order valence-corrected chi connectivity index (χ4v) is 3.72. The van der Waals surface area contributed by atoms with Crippen molar-refractivity contribution in [2.24, 2.45) is 7.05 Å². The Morgan fingerprint density at radius 3 is 2.62 bits per heavy atom. The van der Waals surface area contributed by atoms with Crippen LogP contribution in [0, 0.1) is 0 Å². The van der Waals surface area contributed by atoms with E-state index >= 15 is 0 Å². The number of aryl methyl sites for hydroxylation is 2. The third kappa shape index (κ3) is 4.49. The highest BCUT2D eigenvalue weighted by molar-refractivity contribution is 7.54. The number of hydrogen-bond acceptors (Lipinski definition) is 7. The Kier molecular flexibility index (Phi) is 5.74. The maximum atomic E-state index is 10.7. The number of carboxylic acid groups (broad SMARTS) is 1. The number of aliphatic carboxylic acids is 1. The van der Waals surface area contributed by atoms with E-state index < -0.39 is 14.1 Å². The molecule has 26 heavy (non-hydrogen) atoms. The summed E-state index contributed by atoms with van der Waals surface area (Å²) < 4.78 is 12.0. The highest BCUT2D eigenvalue weighted by Crippen LogP contribution is 2.52. The molecule has 2 heterocycles. The molecule has 2 aromatic rings. The van der Waals surface area contributed by atoms with Crippen molar-refractivity contribution in [2.75, 3.05) is 31.2 Å². The van der Waals surface area contributed by atoms with E-state index in [0.29, 0.717) is 25.9 Å². The number of nitrogens with zero attached hydrogens (tertiary/aromatic N) is 3. The predicted molar refractivity (Wildman–Crippen MR) is 96.8 cm³/mol. The molecule has 1 aliphatic heterocycles. The summed E-state index contributed by atoms with van der Waals surface area (Å²) in [5, 5.41) is 8.77. The third-order valence-corrected chi connectivity index (χ3v) is 5.39. The van der Waals surface area contributed by atoms with Gasteiger partial charge in [0.2, 0.25) is 0 Å². The first-order chi connectivity index (χ1) is 12.4. The zero-order valence-corrected chi connectivity index (χ0v) is 15.4. The molecule has 0 aliphatic carbocycles. The van der Waals surface area contributed by atoms with Gasteiger partial charge in [0, 0.05) is 38.7 Å². The van der Waals surface area contributed by atoms with Crippen LogP contribution in [0.1, 0.15) is 18.7 Å². The molecule has 9 nitrogen and oxygen atoms in total. The van der Waals surface area contributed by atoms with Gasteiger partial charge in [-0.15, -0.1) is 0 Å². The molecule has 0 bridgehead atoms. The summed E-state index contributed by atoms with van der Waals surface area (Å²) in [5.74, 6) is 0.0534. The highest BCUT2D eigenvalue weighted by atomic mass is 31.2. The van der Waals surface area contributed by atoms with Crippen LogP contribution in [0.5, 0.6) is 0 Å². The van der Waals surface area contributed by atoms with E-state index in [1.165, 1.54) is 0 Å². The number of rotatable bonds is 5. The van der Waals surface area contributed by atoms with Crippen molar-refractivity contribution in [3.63, 3.8) is 0 Å². The van der Waals surface area contributed by atoms with Gasteiger partial charge < -0.3 is 14.6 Å². The highest BCUT2D eigenvalue weighted by Gasteiger charge is 2.40. The summed E-state index contributed by atoms with van der Waals surface area (Å²) in [7, 11) is -1.75. The van der Waals surface area contributed by atoms with Gasteiger partial charge in [0.15, 0.2) is 0 Å². The van der Waals surface area contributed by atoms with Crippen LogP contribution in [-0.4, -0.2) is 56.7 Å². The molecule has 0 amide bonds. The summed E-state index contributed by atoms with van der Waals surface area (Å²) in [6, 6.07) is 5.93. The number of carbonyl (C=O) groups is 1. The molecule has 0 saturated carbocycles. The van der Waals surface area contributed by atoms with Crippen molar-refractivity contribution >= 4 is 30.9 Å².